The quantitative estimate of drug-likeness (QED) is 0.153. The van der Waals surface area contributed by atoms with Gasteiger partial charge in [0.1, 0.15) is 18.1 Å². The molecule has 0 saturated carbocycles. The van der Waals surface area contributed by atoms with Crippen molar-refractivity contribution in [3.8, 4) is 0 Å². The van der Waals surface area contributed by atoms with E-state index in [1.54, 1.807) is 13.8 Å². The largest absolute Gasteiger partial charge is 0.345 e. The number of amides is 4. The second-order valence-corrected chi connectivity index (χ2v) is 12.6. The predicted octanol–water partition coefficient (Wildman–Crippen LogP) is 3.81. The summed E-state index contributed by atoms with van der Waals surface area (Å²) in [6.07, 6.45) is 1.27. The van der Waals surface area contributed by atoms with Gasteiger partial charge in [0.15, 0.2) is 0 Å². The highest BCUT2D eigenvalue weighted by molar-refractivity contribution is 6.38. The third kappa shape index (κ3) is 9.28. The minimum Gasteiger partial charge on any atom is -0.345 e. The van der Waals surface area contributed by atoms with Crippen LogP contribution in [0.15, 0.2) is 115 Å². The van der Waals surface area contributed by atoms with Gasteiger partial charge in [-0.05, 0) is 47.6 Å². The second-order valence-electron chi connectivity index (χ2n) is 12.6. The SMILES string of the molecule is CC(c1ccccc1)[C@H](NC(=O)[C@H](C)NC(=O)C1Cc2ccccc2C1)C(=O)N[C@@H](Cc1ccccc1)C(=O)C(=O)NCc1ccccc1. The third-order valence-electron chi connectivity index (χ3n) is 9.01. The lowest BCUT2D eigenvalue weighted by molar-refractivity contribution is -0.140. The summed E-state index contributed by atoms with van der Waals surface area (Å²) in [6, 6.07) is 32.2. The van der Waals surface area contributed by atoms with Crippen molar-refractivity contribution in [1.29, 1.82) is 0 Å². The number of benzene rings is 4. The lowest BCUT2D eigenvalue weighted by Crippen LogP contribution is -2.58. The molecule has 9 heteroatoms. The number of fused-ring (bicyclic) bond motifs is 1. The van der Waals surface area contributed by atoms with Gasteiger partial charge in [0.25, 0.3) is 5.91 Å². The zero-order valence-electron chi connectivity index (χ0n) is 27.7. The number of carbonyl (C=O) groups excluding carboxylic acids is 5. The minimum absolute atomic E-state index is 0.0702. The van der Waals surface area contributed by atoms with Crippen LogP contribution in [-0.4, -0.2) is 47.5 Å². The molecule has 9 nitrogen and oxygen atoms in total. The van der Waals surface area contributed by atoms with Gasteiger partial charge >= 0.3 is 0 Å². The van der Waals surface area contributed by atoms with Gasteiger partial charge in [0.2, 0.25) is 23.5 Å². The highest BCUT2D eigenvalue weighted by Crippen LogP contribution is 2.26. The van der Waals surface area contributed by atoms with E-state index in [0.717, 1.165) is 27.8 Å². The Morgan fingerprint density at radius 2 is 1.16 bits per heavy atom. The summed E-state index contributed by atoms with van der Waals surface area (Å²) in [5, 5.41) is 11.1. The van der Waals surface area contributed by atoms with Crippen molar-refractivity contribution in [1.82, 2.24) is 21.3 Å². The minimum atomic E-state index is -1.20. The van der Waals surface area contributed by atoms with Crippen molar-refractivity contribution in [3.05, 3.63) is 143 Å². The molecule has 0 radical (unpaired) electrons. The molecule has 0 aliphatic heterocycles. The second kappa shape index (κ2) is 16.5. The Labute approximate surface area is 286 Å². The first kappa shape index (κ1) is 34.8. The highest BCUT2D eigenvalue weighted by atomic mass is 16.2. The maximum atomic E-state index is 14.1. The molecule has 4 aromatic carbocycles. The maximum absolute atomic E-state index is 14.1. The van der Waals surface area contributed by atoms with Crippen molar-refractivity contribution in [2.45, 2.75) is 63.7 Å². The zero-order valence-corrected chi connectivity index (χ0v) is 27.7. The van der Waals surface area contributed by atoms with Gasteiger partial charge < -0.3 is 21.3 Å². The molecule has 0 saturated heterocycles. The lowest BCUT2D eigenvalue weighted by atomic mass is 9.91. The van der Waals surface area contributed by atoms with E-state index in [1.807, 2.05) is 115 Å². The van der Waals surface area contributed by atoms with E-state index in [-0.39, 0.29) is 24.8 Å². The van der Waals surface area contributed by atoms with Gasteiger partial charge in [-0.2, -0.15) is 0 Å². The average Bonchev–Trinajstić information content (AvgIpc) is 3.58. The molecular weight excluding hydrogens is 616 g/mol. The number of hydrogen-bond acceptors (Lipinski definition) is 5. The monoisotopic (exact) mass is 658 g/mol. The fourth-order valence-corrected chi connectivity index (χ4v) is 6.13. The Morgan fingerprint density at radius 3 is 1.76 bits per heavy atom. The first-order valence-electron chi connectivity index (χ1n) is 16.6. The van der Waals surface area contributed by atoms with E-state index in [1.165, 1.54) is 0 Å². The number of hydrogen-bond donors (Lipinski definition) is 4. The Morgan fingerprint density at radius 1 is 0.633 bits per heavy atom. The van der Waals surface area contributed by atoms with Crippen LogP contribution in [-0.2, 0) is 49.8 Å². The van der Waals surface area contributed by atoms with Gasteiger partial charge in [-0.15, -0.1) is 0 Å². The molecule has 0 heterocycles. The van der Waals surface area contributed by atoms with E-state index in [0.29, 0.717) is 12.8 Å². The summed E-state index contributed by atoms with van der Waals surface area (Å²) in [5.41, 5.74) is 4.61. The lowest BCUT2D eigenvalue weighted by Gasteiger charge is -2.28. The zero-order chi connectivity index (χ0) is 34.8. The van der Waals surface area contributed by atoms with E-state index < -0.39 is 47.5 Å². The molecule has 4 atom stereocenters. The molecule has 1 aliphatic carbocycles. The van der Waals surface area contributed by atoms with Gasteiger partial charge in [0, 0.05) is 24.8 Å². The predicted molar refractivity (Wildman–Crippen MR) is 187 cm³/mol. The van der Waals surface area contributed by atoms with Gasteiger partial charge in [-0.3, -0.25) is 24.0 Å². The first-order valence-corrected chi connectivity index (χ1v) is 16.6. The number of carbonyl (C=O) groups is 5. The van der Waals surface area contributed by atoms with Crippen molar-refractivity contribution in [2.24, 2.45) is 5.92 Å². The Balaban J connectivity index is 1.31. The normalized spacial score (nSPS) is 14.7. The van der Waals surface area contributed by atoms with Crippen molar-refractivity contribution in [2.75, 3.05) is 0 Å². The fraction of sp³-hybridized carbons (Fsp3) is 0.275. The molecule has 49 heavy (non-hydrogen) atoms. The van der Waals surface area contributed by atoms with Crippen LogP contribution in [0.3, 0.4) is 0 Å². The molecule has 1 unspecified atom stereocenters. The maximum Gasteiger partial charge on any atom is 0.289 e. The molecule has 1 aliphatic rings. The van der Waals surface area contributed by atoms with Crippen LogP contribution in [0.2, 0.25) is 0 Å². The van der Waals surface area contributed by atoms with Crippen molar-refractivity contribution in [3.63, 3.8) is 0 Å². The molecular formula is C40H42N4O5. The van der Waals surface area contributed by atoms with E-state index in [2.05, 4.69) is 21.3 Å². The molecule has 0 aromatic heterocycles. The van der Waals surface area contributed by atoms with Gasteiger partial charge in [-0.1, -0.05) is 122 Å². The highest BCUT2D eigenvalue weighted by Gasteiger charge is 2.35. The molecule has 252 valence electrons. The van der Waals surface area contributed by atoms with Crippen LogP contribution in [0.1, 0.15) is 47.6 Å². The van der Waals surface area contributed by atoms with Crippen LogP contribution >= 0.6 is 0 Å². The molecule has 0 fully saturated rings. The van der Waals surface area contributed by atoms with Gasteiger partial charge in [-0.25, -0.2) is 0 Å². The molecule has 4 amide bonds. The fourth-order valence-electron chi connectivity index (χ4n) is 6.13. The Hall–Kier alpha value is -5.57. The van der Waals surface area contributed by atoms with E-state index in [4.69, 9.17) is 0 Å². The molecule has 5 rings (SSSR count). The number of rotatable bonds is 14. The number of nitrogens with one attached hydrogen (secondary N) is 4. The standard InChI is InChI=1S/C40H42N4O5/c1-26(30-18-10-5-11-19-30)35(44-37(46)27(2)42-38(47)33-23-31-20-12-13-21-32(31)24-33)39(48)43-34(22-28-14-6-3-7-15-28)36(45)40(49)41-25-29-16-8-4-9-17-29/h3-21,26-27,33-35H,22-25H2,1-2H3,(H,41,49)(H,42,47)(H,43,48)(H,44,46)/t26?,27-,34-,35-/m0/s1. The number of ketones is 1. The molecule has 4 N–H and O–H groups in total. The van der Waals surface area contributed by atoms with Crippen molar-refractivity contribution >= 4 is 29.4 Å². The van der Waals surface area contributed by atoms with Crippen LogP contribution in [0.5, 0.6) is 0 Å². The first-order chi connectivity index (χ1) is 23.7. The summed E-state index contributed by atoms with van der Waals surface area (Å²) >= 11 is 0. The van der Waals surface area contributed by atoms with Crippen LogP contribution in [0.25, 0.3) is 0 Å². The van der Waals surface area contributed by atoms with E-state index >= 15 is 0 Å². The molecule has 0 spiro atoms. The van der Waals surface area contributed by atoms with Crippen LogP contribution in [0.4, 0.5) is 0 Å². The topological polar surface area (TPSA) is 133 Å². The summed E-state index contributed by atoms with van der Waals surface area (Å²) in [4.78, 5) is 67.5. The van der Waals surface area contributed by atoms with Crippen LogP contribution < -0.4 is 21.3 Å². The average molecular weight is 659 g/mol. The summed E-state index contributed by atoms with van der Waals surface area (Å²) < 4.78 is 0. The van der Waals surface area contributed by atoms with E-state index in [9.17, 15) is 24.0 Å². The van der Waals surface area contributed by atoms with Gasteiger partial charge in [0.05, 0.1) is 0 Å². The van der Waals surface area contributed by atoms with Crippen LogP contribution in [0, 0.1) is 5.92 Å². The Kier molecular flexibility index (Phi) is 11.7. The smallest absolute Gasteiger partial charge is 0.289 e. The molecule has 4 aromatic rings. The third-order valence-corrected chi connectivity index (χ3v) is 9.01. The summed E-state index contributed by atoms with van der Waals surface area (Å²) in [6.45, 7) is 3.54. The summed E-state index contributed by atoms with van der Waals surface area (Å²) in [7, 11) is 0. The van der Waals surface area contributed by atoms with Crippen molar-refractivity contribution < 1.29 is 24.0 Å². The molecule has 0 bridgehead atoms. The summed E-state index contributed by atoms with van der Waals surface area (Å²) in [5.74, 6) is -3.83. The Bertz CT molecular complexity index is 1740. The number of Topliss-reactive ketones (excluding diaryl/α,β-unsaturated/α-hetero) is 1.